The summed E-state index contributed by atoms with van der Waals surface area (Å²) in [4.78, 5) is 30.7. The summed E-state index contributed by atoms with van der Waals surface area (Å²) < 4.78 is 6.03. The van der Waals surface area contributed by atoms with E-state index in [4.69, 9.17) is 10.5 Å². The fourth-order valence-corrected chi connectivity index (χ4v) is 4.26. The average molecular weight is 430 g/mol. The Balaban J connectivity index is 1.51. The minimum Gasteiger partial charge on any atom is -0.438 e. The van der Waals surface area contributed by atoms with E-state index in [1.165, 1.54) is 0 Å². The van der Waals surface area contributed by atoms with E-state index in [0.717, 1.165) is 22.4 Å². The van der Waals surface area contributed by atoms with Crippen molar-refractivity contribution >= 4 is 12.0 Å². The number of nitrogens with two attached hydrogens (primary N) is 1. The number of benzene rings is 2. The van der Waals surface area contributed by atoms with Crippen molar-refractivity contribution in [3.05, 3.63) is 90.1 Å². The van der Waals surface area contributed by atoms with Gasteiger partial charge in [-0.1, -0.05) is 60.7 Å². The minimum atomic E-state index is -0.841. The molecule has 0 bridgehead atoms. The smallest absolute Gasteiger partial charge is 0.411 e. The molecule has 6 heteroatoms. The van der Waals surface area contributed by atoms with E-state index in [1.807, 2.05) is 79.7 Å². The number of ether oxygens (including phenoxy) is 1. The summed E-state index contributed by atoms with van der Waals surface area (Å²) >= 11 is 0. The first kappa shape index (κ1) is 21.6. The number of cyclic esters (lactones) is 1. The maximum absolute atomic E-state index is 13.1. The van der Waals surface area contributed by atoms with Gasteiger partial charge in [0.25, 0.3) is 0 Å². The number of nitrogens with zero attached hydrogens (tertiary/aromatic N) is 2. The third-order valence-electron chi connectivity index (χ3n) is 6.17. The summed E-state index contributed by atoms with van der Waals surface area (Å²) in [6, 6.07) is 23.4. The van der Waals surface area contributed by atoms with Gasteiger partial charge in [-0.15, -0.1) is 0 Å². The molecular formula is C26H27N3O3. The van der Waals surface area contributed by atoms with Crippen molar-refractivity contribution in [2.75, 3.05) is 6.54 Å². The largest absolute Gasteiger partial charge is 0.438 e. The van der Waals surface area contributed by atoms with Crippen molar-refractivity contribution in [2.45, 2.75) is 37.8 Å². The Kier molecular flexibility index (Phi) is 6.21. The second-order valence-corrected chi connectivity index (χ2v) is 8.15. The van der Waals surface area contributed by atoms with Gasteiger partial charge in [-0.25, -0.2) is 4.79 Å². The highest BCUT2D eigenvalue weighted by Crippen LogP contribution is 2.40. The molecule has 2 aromatic carbocycles. The second kappa shape index (κ2) is 9.22. The van der Waals surface area contributed by atoms with E-state index in [-0.39, 0.29) is 18.6 Å². The molecule has 32 heavy (non-hydrogen) atoms. The number of amides is 2. The van der Waals surface area contributed by atoms with E-state index in [0.29, 0.717) is 19.4 Å². The van der Waals surface area contributed by atoms with Crippen molar-refractivity contribution in [1.29, 1.82) is 0 Å². The zero-order valence-corrected chi connectivity index (χ0v) is 18.1. The van der Waals surface area contributed by atoms with Crippen LogP contribution in [0.1, 0.15) is 43.4 Å². The zero-order chi connectivity index (χ0) is 22.6. The normalized spacial score (nSPS) is 19.3. The molecule has 2 atom stereocenters. The second-order valence-electron chi connectivity index (χ2n) is 8.15. The highest BCUT2D eigenvalue weighted by molar-refractivity contribution is 5.74. The van der Waals surface area contributed by atoms with E-state index in [9.17, 15) is 9.59 Å². The van der Waals surface area contributed by atoms with Crippen LogP contribution < -0.4 is 5.73 Å². The number of hydrogen-bond acceptors (Lipinski definition) is 4. The van der Waals surface area contributed by atoms with Crippen molar-refractivity contribution in [3.8, 4) is 11.3 Å². The Morgan fingerprint density at radius 3 is 2.44 bits per heavy atom. The predicted octanol–water partition coefficient (Wildman–Crippen LogP) is 4.81. The quantitative estimate of drug-likeness (QED) is 0.584. The number of carbonyl (C=O) groups is 2. The van der Waals surface area contributed by atoms with Crippen LogP contribution in [0.25, 0.3) is 11.3 Å². The van der Waals surface area contributed by atoms with Crippen LogP contribution in [-0.2, 0) is 15.1 Å². The highest BCUT2D eigenvalue weighted by Gasteiger charge is 2.43. The number of rotatable bonds is 7. The molecule has 0 radical (unpaired) electrons. The van der Waals surface area contributed by atoms with Crippen LogP contribution in [-0.4, -0.2) is 28.4 Å². The summed E-state index contributed by atoms with van der Waals surface area (Å²) in [5.41, 5.74) is 8.40. The first-order valence-corrected chi connectivity index (χ1v) is 10.8. The molecule has 0 spiro atoms. The Bertz CT molecular complexity index is 1070. The number of aromatic nitrogens is 1. The Morgan fingerprint density at radius 1 is 1.09 bits per heavy atom. The summed E-state index contributed by atoms with van der Waals surface area (Å²) in [5.74, 6) is -0.403. The van der Waals surface area contributed by atoms with E-state index in [1.54, 1.807) is 11.1 Å². The van der Waals surface area contributed by atoms with Gasteiger partial charge in [0.15, 0.2) is 0 Å². The van der Waals surface area contributed by atoms with E-state index < -0.39 is 11.5 Å². The molecule has 2 amide bonds. The van der Waals surface area contributed by atoms with Gasteiger partial charge in [0.1, 0.15) is 5.60 Å². The van der Waals surface area contributed by atoms with Gasteiger partial charge in [-0.3, -0.25) is 9.78 Å². The molecule has 1 aliphatic heterocycles. The molecule has 0 saturated carbocycles. The molecule has 164 valence electrons. The molecular weight excluding hydrogens is 402 g/mol. The lowest BCUT2D eigenvalue weighted by molar-refractivity contribution is -0.121. The zero-order valence-electron chi connectivity index (χ0n) is 18.1. The molecule has 0 unspecified atom stereocenters. The van der Waals surface area contributed by atoms with Crippen LogP contribution in [0.15, 0.2) is 79.0 Å². The van der Waals surface area contributed by atoms with Gasteiger partial charge in [-0.2, -0.15) is 0 Å². The van der Waals surface area contributed by atoms with Crippen LogP contribution in [0.3, 0.4) is 0 Å². The maximum Gasteiger partial charge on any atom is 0.411 e. The predicted molar refractivity (Wildman–Crippen MR) is 122 cm³/mol. The SMILES string of the molecule is C[C@@H](c1ccc(-c2ccccn2)cc1)N1CC[C@@](CCC(N)=O)(c2ccccc2)OC1=O. The molecule has 6 nitrogen and oxygen atoms in total. The monoisotopic (exact) mass is 429 g/mol. The summed E-state index contributed by atoms with van der Waals surface area (Å²) in [5, 5.41) is 0. The maximum atomic E-state index is 13.1. The summed E-state index contributed by atoms with van der Waals surface area (Å²) in [6.07, 6.45) is 2.51. The van der Waals surface area contributed by atoms with Crippen molar-refractivity contribution < 1.29 is 14.3 Å². The lowest BCUT2D eigenvalue weighted by Gasteiger charge is -2.43. The number of hydrogen-bond donors (Lipinski definition) is 1. The molecule has 2 N–H and O–H groups in total. The average Bonchev–Trinajstić information content (AvgIpc) is 2.83. The lowest BCUT2D eigenvalue weighted by atomic mass is 9.84. The van der Waals surface area contributed by atoms with Gasteiger partial charge in [0, 0.05) is 37.6 Å². The molecule has 1 fully saturated rings. The van der Waals surface area contributed by atoms with Crippen LogP contribution in [0.5, 0.6) is 0 Å². The lowest BCUT2D eigenvalue weighted by Crippen LogP contribution is -2.49. The molecule has 2 heterocycles. The highest BCUT2D eigenvalue weighted by atomic mass is 16.6. The van der Waals surface area contributed by atoms with Crippen molar-refractivity contribution in [2.24, 2.45) is 5.73 Å². The fraction of sp³-hybridized carbons (Fsp3) is 0.269. The standard InChI is InChI=1S/C26H27N3O3/c1-19(20-10-12-21(13-11-20)23-9-5-6-17-28-23)29-18-16-26(32-25(29)31,15-14-24(27)30)22-7-3-2-4-8-22/h2-13,17,19H,14-16,18H2,1H3,(H2,27,30)/t19-,26-/m0/s1. The van der Waals surface area contributed by atoms with E-state index in [2.05, 4.69) is 4.98 Å². The van der Waals surface area contributed by atoms with Gasteiger partial charge in [0.2, 0.25) is 5.91 Å². The van der Waals surface area contributed by atoms with E-state index >= 15 is 0 Å². The first-order chi connectivity index (χ1) is 15.5. The number of primary amides is 1. The van der Waals surface area contributed by atoms with Crippen LogP contribution in [0.4, 0.5) is 4.79 Å². The van der Waals surface area contributed by atoms with Crippen molar-refractivity contribution in [3.63, 3.8) is 0 Å². The van der Waals surface area contributed by atoms with Crippen molar-refractivity contribution in [1.82, 2.24) is 9.88 Å². The molecule has 1 aromatic heterocycles. The molecule has 0 aliphatic carbocycles. The fourth-order valence-electron chi connectivity index (χ4n) is 4.26. The van der Waals surface area contributed by atoms with Crippen LogP contribution >= 0.6 is 0 Å². The van der Waals surface area contributed by atoms with Gasteiger partial charge in [-0.05, 0) is 30.2 Å². The summed E-state index contributed by atoms with van der Waals surface area (Å²) in [6.45, 7) is 2.52. The minimum absolute atomic E-state index is 0.148. The van der Waals surface area contributed by atoms with Gasteiger partial charge < -0.3 is 15.4 Å². The first-order valence-electron chi connectivity index (χ1n) is 10.8. The molecule has 4 rings (SSSR count). The Morgan fingerprint density at radius 2 is 1.81 bits per heavy atom. The topological polar surface area (TPSA) is 85.5 Å². The molecule has 1 saturated heterocycles. The van der Waals surface area contributed by atoms with Gasteiger partial charge in [0.05, 0.1) is 11.7 Å². The third kappa shape index (κ3) is 4.49. The third-order valence-corrected chi connectivity index (χ3v) is 6.17. The van der Waals surface area contributed by atoms with Crippen LogP contribution in [0, 0.1) is 0 Å². The van der Waals surface area contributed by atoms with Gasteiger partial charge >= 0.3 is 6.09 Å². The number of carbonyl (C=O) groups excluding carboxylic acids is 2. The number of pyridine rings is 1. The molecule has 1 aliphatic rings. The Labute approximate surface area is 188 Å². The van der Waals surface area contributed by atoms with Crippen LogP contribution in [0.2, 0.25) is 0 Å². The Hall–Kier alpha value is -3.67. The molecule has 3 aromatic rings. The summed E-state index contributed by atoms with van der Waals surface area (Å²) in [7, 11) is 0.